The highest BCUT2D eigenvalue weighted by atomic mass is 32.2. The Hall–Kier alpha value is -1.21. The van der Waals surface area contributed by atoms with Crippen LogP contribution in [0.2, 0.25) is 0 Å². The molecule has 0 aromatic carbocycles. The maximum Gasteiger partial charge on any atom is 0.326 e. The molecular formula is C14H20N2O3S2. The Kier molecular flexibility index (Phi) is 5.93. The number of carboxylic acid groups (broad SMARTS) is 1. The molecule has 0 saturated heterocycles. The first-order chi connectivity index (χ1) is 10.1. The van der Waals surface area contributed by atoms with Crippen molar-refractivity contribution in [2.45, 2.75) is 37.9 Å². The van der Waals surface area contributed by atoms with Gasteiger partial charge in [0.05, 0.1) is 6.54 Å². The van der Waals surface area contributed by atoms with E-state index in [0.717, 1.165) is 17.7 Å². The predicted octanol–water partition coefficient (Wildman–Crippen LogP) is 2.63. The van der Waals surface area contributed by atoms with Crippen molar-refractivity contribution in [3.63, 3.8) is 0 Å². The Morgan fingerprint density at radius 3 is 2.86 bits per heavy atom. The number of carbonyl (C=O) groups is 2. The summed E-state index contributed by atoms with van der Waals surface area (Å²) < 4.78 is 0. The van der Waals surface area contributed by atoms with Gasteiger partial charge in [0.2, 0.25) is 0 Å². The second kappa shape index (κ2) is 7.70. The molecule has 1 aromatic rings. The van der Waals surface area contributed by atoms with Crippen molar-refractivity contribution in [1.82, 2.24) is 10.2 Å². The van der Waals surface area contributed by atoms with Crippen LogP contribution in [-0.2, 0) is 11.3 Å². The molecule has 0 spiro atoms. The van der Waals surface area contributed by atoms with Crippen LogP contribution in [0.3, 0.4) is 0 Å². The van der Waals surface area contributed by atoms with Crippen molar-refractivity contribution in [2.24, 2.45) is 0 Å². The van der Waals surface area contributed by atoms with Crippen molar-refractivity contribution in [3.8, 4) is 0 Å². The zero-order valence-corrected chi connectivity index (χ0v) is 13.6. The first-order valence-electron chi connectivity index (χ1n) is 6.93. The van der Waals surface area contributed by atoms with Crippen LogP contribution >= 0.6 is 23.1 Å². The predicted molar refractivity (Wildman–Crippen MR) is 85.8 cm³/mol. The van der Waals surface area contributed by atoms with E-state index in [1.54, 1.807) is 28.0 Å². The van der Waals surface area contributed by atoms with Crippen molar-refractivity contribution in [2.75, 3.05) is 12.0 Å². The summed E-state index contributed by atoms with van der Waals surface area (Å²) in [7, 11) is 0. The maximum absolute atomic E-state index is 12.4. The van der Waals surface area contributed by atoms with Crippen molar-refractivity contribution < 1.29 is 14.7 Å². The van der Waals surface area contributed by atoms with Crippen LogP contribution in [0.5, 0.6) is 0 Å². The summed E-state index contributed by atoms with van der Waals surface area (Å²) in [5, 5.41) is 13.8. The largest absolute Gasteiger partial charge is 0.480 e. The minimum Gasteiger partial charge on any atom is -0.480 e. The number of nitrogens with zero attached hydrogens (tertiary/aromatic N) is 1. The van der Waals surface area contributed by atoms with Crippen LogP contribution in [0.25, 0.3) is 0 Å². The van der Waals surface area contributed by atoms with Crippen molar-refractivity contribution in [1.29, 1.82) is 0 Å². The molecule has 0 bridgehead atoms. The van der Waals surface area contributed by atoms with E-state index in [1.807, 2.05) is 23.8 Å². The number of carbonyl (C=O) groups excluding carboxylic acids is 1. The molecule has 1 fully saturated rings. The van der Waals surface area contributed by atoms with Gasteiger partial charge in [0.15, 0.2) is 0 Å². The van der Waals surface area contributed by atoms with Gasteiger partial charge < -0.3 is 15.3 Å². The van der Waals surface area contributed by atoms with Crippen LogP contribution in [-0.4, -0.2) is 46.1 Å². The van der Waals surface area contributed by atoms with Gasteiger partial charge in [-0.1, -0.05) is 6.07 Å². The van der Waals surface area contributed by atoms with Crippen LogP contribution in [0, 0.1) is 0 Å². The van der Waals surface area contributed by atoms with Gasteiger partial charge in [-0.25, -0.2) is 9.59 Å². The SMILES string of the molecule is CSCC[C@H](NC(=O)N(Cc1cccs1)C1CC1)C(=O)O. The fourth-order valence-electron chi connectivity index (χ4n) is 2.05. The maximum atomic E-state index is 12.4. The molecule has 2 rings (SSSR count). The molecule has 1 atom stereocenters. The average molecular weight is 328 g/mol. The number of nitrogens with one attached hydrogen (secondary N) is 1. The topological polar surface area (TPSA) is 69.6 Å². The number of aliphatic carboxylic acids is 1. The quantitative estimate of drug-likeness (QED) is 0.770. The van der Waals surface area contributed by atoms with Gasteiger partial charge in [0.25, 0.3) is 0 Å². The zero-order valence-electron chi connectivity index (χ0n) is 11.9. The van der Waals surface area contributed by atoms with E-state index >= 15 is 0 Å². The monoisotopic (exact) mass is 328 g/mol. The normalized spacial score (nSPS) is 15.5. The van der Waals surface area contributed by atoms with Crippen LogP contribution < -0.4 is 5.32 Å². The molecule has 5 nitrogen and oxygen atoms in total. The third-order valence-corrected chi connectivity index (χ3v) is 4.87. The van der Waals surface area contributed by atoms with Gasteiger partial charge in [-0.2, -0.15) is 11.8 Å². The highest BCUT2D eigenvalue weighted by Crippen LogP contribution is 2.29. The molecule has 1 aromatic heterocycles. The lowest BCUT2D eigenvalue weighted by Gasteiger charge is -2.24. The van der Waals surface area contributed by atoms with Gasteiger partial charge >= 0.3 is 12.0 Å². The Morgan fingerprint density at radius 2 is 2.33 bits per heavy atom. The summed E-state index contributed by atoms with van der Waals surface area (Å²) in [4.78, 5) is 26.5. The highest BCUT2D eigenvalue weighted by molar-refractivity contribution is 7.98. The summed E-state index contributed by atoms with van der Waals surface area (Å²) in [6.07, 6.45) is 4.37. The number of hydrogen-bond acceptors (Lipinski definition) is 4. The minimum atomic E-state index is -0.968. The summed E-state index contributed by atoms with van der Waals surface area (Å²) in [5.41, 5.74) is 0. The van der Waals surface area contributed by atoms with E-state index in [1.165, 1.54) is 0 Å². The standard InChI is InChI=1S/C14H20N2O3S2/c1-20-8-6-12(13(17)18)15-14(19)16(10-4-5-10)9-11-3-2-7-21-11/h2-3,7,10,12H,4-6,8-9H2,1H3,(H,15,19)(H,17,18)/t12-/m0/s1. The summed E-state index contributed by atoms with van der Waals surface area (Å²) in [5.74, 6) is -0.254. The fourth-order valence-corrected chi connectivity index (χ4v) is 3.22. The molecule has 1 aliphatic carbocycles. The molecule has 0 unspecified atom stereocenters. The molecule has 1 aliphatic rings. The number of rotatable bonds is 8. The first kappa shape index (κ1) is 16.2. The number of urea groups is 1. The Morgan fingerprint density at radius 1 is 1.57 bits per heavy atom. The zero-order chi connectivity index (χ0) is 15.2. The third-order valence-electron chi connectivity index (χ3n) is 3.36. The molecule has 0 aliphatic heterocycles. The molecule has 0 radical (unpaired) electrons. The molecule has 2 amide bonds. The number of thioether (sulfide) groups is 1. The molecule has 2 N–H and O–H groups in total. The molecule has 116 valence electrons. The van der Waals surface area contributed by atoms with E-state index in [2.05, 4.69) is 5.32 Å². The molecule has 7 heteroatoms. The van der Waals surface area contributed by atoms with Crippen LogP contribution in [0.15, 0.2) is 17.5 Å². The number of amides is 2. The van der Waals surface area contributed by atoms with Gasteiger partial charge in [-0.15, -0.1) is 11.3 Å². The first-order valence-corrected chi connectivity index (χ1v) is 9.20. The van der Waals surface area contributed by atoms with Gasteiger partial charge in [0, 0.05) is 10.9 Å². The van der Waals surface area contributed by atoms with Crippen LogP contribution in [0.4, 0.5) is 4.79 Å². The Labute approximate surface area is 132 Å². The second-order valence-electron chi connectivity index (χ2n) is 5.06. The third kappa shape index (κ3) is 4.93. The average Bonchev–Trinajstić information content (AvgIpc) is 3.16. The summed E-state index contributed by atoms with van der Waals surface area (Å²) >= 11 is 3.19. The Balaban J connectivity index is 1.95. The minimum absolute atomic E-state index is 0.252. The van der Waals surface area contributed by atoms with E-state index in [-0.39, 0.29) is 12.1 Å². The highest BCUT2D eigenvalue weighted by Gasteiger charge is 2.34. The van der Waals surface area contributed by atoms with Crippen LogP contribution in [0.1, 0.15) is 24.1 Å². The molecule has 1 saturated carbocycles. The van der Waals surface area contributed by atoms with Gasteiger partial charge in [-0.3, -0.25) is 0 Å². The number of thiophene rings is 1. The summed E-state index contributed by atoms with van der Waals surface area (Å²) in [6.45, 7) is 0.559. The molecule has 21 heavy (non-hydrogen) atoms. The molecular weight excluding hydrogens is 308 g/mol. The smallest absolute Gasteiger partial charge is 0.326 e. The number of hydrogen-bond donors (Lipinski definition) is 2. The lowest BCUT2D eigenvalue weighted by molar-refractivity contribution is -0.139. The molecule has 1 heterocycles. The van der Waals surface area contributed by atoms with E-state index in [4.69, 9.17) is 0 Å². The van der Waals surface area contributed by atoms with Crippen molar-refractivity contribution >= 4 is 35.1 Å². The Bertz CT molecular complexity index is 475. The number of carboxylic acids is 1. The lowest BCUT2D eigenvalue weighted by atomic mass is 10.2. The van der Waals surface area contributed by atoms with Gasteiger partial charge in [0.1, 0.15) is 6.04 Å². The fraction of sp³-hybridized carbons (Fsp3) is 0.571. The van der Waals surface area contributed by atoms with Crippen molar-refractivity contribution in [3.05, 3.63) is 22.4 Å². The lowest BCUT2D eigenvalue weighted by Crippen LogP contribution is -2.48. The van der Waals surface area contributed by atoms with E-state index in [9.17, 15) is 14.7 Å². The van der Waals surface area contributed by atoms with E-state index in [0.29, 0.717) is 18.7 Å². The second-order valence-corrected chi connectivity index (χ2v) is 7.08. The van der Waals surface area contributed by atoms with Gasteiger partial charge in [-0.05, 0) is 42.7 Å². The van der Waals surface area contributed by atoms with E-state index < -0.39 is 12.0 Å². The summed E-state index contributed by atoms with van der Waals surface area (Å²) in [6, 6.07) is 3.13.